The van der Waals surface area contributed by atoms with E-state index in [4.69, 9.17) is 0 Å². The maximum absolute atomic E-state index is 13.2. The SMILES string of the molecule is O=[N+]([O-])c1cccc(C(O)CCNCCNS(=O)(=O)c2cc(-c3ccccc3)cc3cnccc23)c1. The predicted octanol–water partition coefficient (Wildman–Crippen LogP) is 3.80. The van der Waals surface area contributed by atoms with Gasteiger partial charge in [-0.05, 0) is 47.9 Å². The van der Waals surface area contributed by atoms with Crippen LogP contribution in [0.4, 0.5) is 5.69 Å². The Bertz CT molecular complexity index is 1460. The maximum atomic E-state index is 13.2. The van der Waals surface area contributed by atoms with Crippen LogP contribution >= 0.6 is 0 Å². The molecule has 0 aliphatic carbocycles. The van der Waals surface area contributed by atoms with E-state index in [9.17, 15) is 23.6 Å². The number of aliphatic hydroxyl groups excluding tert-OH is 1. The van der Waals surface area contributed by atoms with Crippen LogP contribution < -0.4 is 10.0 Å². The average Bonchev–Trinajstić information content (AvgIpc) is 2.90. The molecule has 0 spiro atoms. The lowest BCUT2D eigenvalue weighted by Gasteiger charge is -2.13. The highest BCUT2D eigenvalue weighted by atomic mass is 32.2. The lowest BCUT2D eigenvalue weighted by atomic mass is 10.0. The summed E-state index contributed by atoms with van der Waals surface area (Å²) in [6.07, 6.45) is 2.67. The molecule has 3 aromatic carbocycles. The number of aromatic nitrogens is 1. The van der Waals surface area contributed by atoms with E-state index in [1.54, 1.807) is 30.6 Å². The molecule has 0 aliphatic heterocycles. The molecule has 9 nitrogen and oxygen atoms in total. The van der Waals surface area contributed by atoms with Gasteiger partial charge in [0, 0.05) is 48.4 Å². The lowest BCUT2D eigenvalue weighted by Crippen LogP contribution is -2.32. The molecule has 0 aliphatic rings. The Morgan fingerprint density at radius 2 is 1.75 bits per heavy atom. The van der Waals surface area contributed by atoms with Crippen LogP contribution in [0.3, 0.4) is 0 Å². The highest BCUT2D eigenvalue weighted by molar-refractivity contribution is 7.89. The number of fused-ring (bicyclic) bond motifs is 1. The van der Waals surface area contributed by atoms with Gasteiger partial charge in [-0.25, -0.2) is 13.1 Å². The molecule has 1 aromatic heterocycles. The topological polar surface area (TPSA) is 134 Å². The van der Waals surface area contributed by atoms with Crippen molar-refractivity contribution < 1.29 is 18.4 Å². The van der Waals surface area contributed by atoms with Crippen molar-refractivity contribution in [2.45, 2.75) is 17.4 Å². The zero-order valence-electron chi connectivity index (χ0n) is 19.4. The first kappa shape index (κ1) is 25.4. The van der Waals surface area contributed by atoms with Crippen LogP contribution in [0.15, 0.2) is 90.1 Å². The minimum atomic E-state index is -3.81. The molecule has 4 aromatic rings. The fraction of sp³-hybridized carbons (Fsp3) is 0.192. The molecule has 0 fully saturated rings. The number of pyridine rings is 1. The smallest absolute Gasteiger partial charge is 0.269 e. The molecule has 3 N–H and O–H groups in total. The van der Waals surface area contributed by atoms with Crippen LogP contribution in [0.5, 0.6) is 0 Å². The molecule has 0 saturated carbocycles. The van der Waals surface area contributed by atoms with Crippen LogP contribution in [-0.4, -0.2) is 43.1 Å². The summed E-state index contributed by atoms with van der Waals surface area (Å²) in [5.41, 5.74) is 2.08. The molecular weight excluding hydrogens is 480 g/mol. The Labute approximate surface area is 209 Å². The van der Waals surface area contributed by atoms with Crippen LogP contribution in [0.25, 0.3) is 21.9 Å². The van der Waals surface area contributed by atoms with E-state index in [0.29, 0.717) is 30.5 Å². The second kappa shape index (κ2) is 11.4. The molecule has 36 heavy (non-hydrogen) atoms. The molecule has 186 valence electrons. The van der Waals surface area contributed by atoms with Gasteiger partial charge >= 0.3 is 0 Å². The van der Waals surface area contributed by atoms with Crippen molar-refractivity contribution in [3.05, 3.63) is 101 Å². The van der Waals surface area contributed by atoms with E-state index in [-0.39, 0.29) is 17.1 Å². The molecular formula is C26H26N4O5S. The number of sulfonamides is 1. The second-order valence-corrected chi connectivity index (χ2v) is 9.98. The normalized spacial score (nSPS) is 12.5. The van der Waals surface area contributed by atoms with Gasteiger partial charge in [0.1, 0.15) is 0 Å². The Hall–Kier alpha value is -3.70. The van der Waals surface area contributed by atoms with Crippen LogP contribution in [0, 0.1) is 10.1 Å². The summed E-state index contributed by atoms with van der Waals surface area (Å²) in [5, 5.41) is 25.6. The van der Waals surface area contributed by atoms with Gasteiger partial charge in [-0.15, -0.1) is 0 Å². The molecule has 4 rings (SSSR count). The number of nitro groups is 1. The van der Waals surface area contributed by atoms with Crippen molar-refractivity contribution in [3.8, 4) is 11.1 Å². The first-order chi connectivity index (χ1) is 17.3. The summed E-state index contributed by atoms with van der Waals surface area (Å²) < 4.78 is 29.0. The first-order valence-electron chi connectivity index (χ1n) is 11.4. The van der Waals surface area contributed by atoms with E-state index >= 15 is 0 Å². The van der Waals surface area contributed by atoms with Gasteiger partial charge < -0.3 is 10.4 Å². The van der Waals surface area contributed by atoms with Crippen molar-refractivity contribution >= 4 is 26.5 Å². The van der Waals surface area contributed by atoms with E-state index in [1.807, 2.05) is 36.4 Å². The quantitative estimate of drug-likeness (QED) is 0.160. The van der Waals surface area contributed by atoms with Gasteiger partial charge in [-0.3, -0.25) is 15.1 Å². The third-order valence-corrected chi connectivity index (χ3v) is 7.27. The fourth-order valence-corrected chi connectivity index (χ4v) is 5.21. The Balaban J connectivity index is 1.37. The number of nitrogens with one attached hydrogen (secondary N) is 2. The molecule has 1 unspecified atom stereocenters. The highest BCUT2D eigenvalue weighted by Crippen LogP contribution is 2.30. The van der Waals surface area contributed by atoms with E-state index in [2.05, 4.69) is 15.0 Å². The zero-order valence-corrected chi connectivity index (χ0v) is 20.2. The summed E-state index contributed by atoms with van der Waals surface area (Å²) in [7, 11) is -3.81. The number of aliphatic hydroxyl groups is 1. The summed E-state index contributed by atoms with van der Waals surface area (Å²) in [6, 6.07) is 20.7. The molecule has 0 radical (unpaired) electrons. The average molecular weight is 507 g/mol. The van der Waals surface area contributed by atoms with Gasteiger partial charge in [0.15, 0.2) is 0 Å². The van der Waals surface area contributed by atoms with Crippen molar-refractivity contribution in [2.75, 3.05) is 19.6 Å². The van der Waals surface area contributed by atoms with Crippen LogP contribution in [0.2, 0.25) is 0 Å². The third kappa shape index (κ3) is 6.10. The monoisotopic (exact) mass is 506 g/mol. The number of benzene rings is 3. The summed E-state index contributed by atoms with van der Waals surface area (Å²) >= 11 is 0. The summed E-state index contributed by atoms with van der Waals surface area (Å²) in [6.45, 7) is 0.903. The minimum absolute atomic E-state index is 0.0754. The fourth-order valence-electron chi connectivity index (χ4n) is 3.92. The second-order valence-electron chi connectivity index (χ2n) is 8.24. The predicted molar refractivity (Wildman–Crippen MR) is 138 cm³/mol. The summed E-state index contributed by atoms with van der Waals surface area (Å²) in [4.78, 5) is 14.7. The number of nitrogens with zero attached hydrogens (tertiary/aromatic N) is 2. The Morgan fingerprint density at radius 3 is 2.53 bits per heavy atom. The van der Waals surface area contributed by atoms with Gasteiger partial charge in [-0.2, -0.15) is 0 Å². The van der Waals surface area contributed by atoms with Crippen LogP contribution in [0.1, 0.15) is 18.1 Å². The molecule has 1 heterocycles. The number of nitro benzene ring substituents is 1. The largest absolute Gasteiger partial charge is 0.388 e. The van der Waals surface area contributed by atoms with Gasteiger partial charge in [0.2, 0.25) is 10.0 Å². The minimum Gasteiger partial charge on any atom is -0.388 e. The molecule has 1 atom stereocenters. The number of hydrogen-bond donors (Lipinski definition) is 3. The van der Waals surface area contributed by atoms with Gasteiger partial charge in [0.25, 0.3) is 5.69 Å². The Morgan fingerprint density at radius 1 is 0.944 bits per heavy atom. The van der Waals surface area contributed by atoms with Gasteiger partial charge in [0.05, 0.1) is 15.9 Å². The van der Waals surface area contributed by atoms with Crippen LogP contribution in [-0.2, 0) is 10.0 Å². The van der Waals surface area contributed by atoms with E-state index < -0.39 is 21.1 Å². The molecule has 0 bridgehead atoms. The van der Waals surface area contributed by atoms with Crippen molar-refractivity contribution in [1.29, 1.82) is 0 Å². The first-order valence-corrected chi connectivity index (χ1v) is 12.9. The van der Waals surface area contributed by atoms with E-state index in [0.717, 1.165) is 16.5 Å². The van der Waals surface area contributed by atoms with Crippen molar-refractivity contribution in [3.63, 3.8) is 0 Å². The Kier molecular flexibility index (Phi) is 8.01. The van der Waals surface area contributed by atoms with E-state index in [1.165, 1.54) is 18.2 Å². The van der Waals surface area contributed by atoms with Gasteiger partial charge in [-0.1, -0.05) is 42.5 Å². The highest BCUT2D eigenvalue weighted by Gasteiger charge is 2.19. The number of hydrogen-bond acceptors (Lipinski definition) is 7. The molecule has 10 heteroatoms. The maximum Gasteiger partial charge on any atom is 0.269 e. The number of non-ortho nitro benzene ring substituents is 1. The number of rotatable bonds is 11. The lowest BCUT2D eigenvalue weighted by molar-refractivity contribution is -0.385. The van der Waals surface area contributed by atoms with Crippen molar-refractivity contribution in [1.82, 2.24) is 15.0 Å². The standard InChI is InChI=1S/C26H26N4O5S/c31-25(20-7-4-8-23(16-20)30(32)33)10-12-27-13-14-29-36(34,35)26-17-21(19-5-2-1-3-6-19)15-22-18-28-11-9-24(22)26/h1-9,11,15-18,25,27,29,31H,10,12-14H2. The molecule has 0 amide bonds. The van der Waals surface area contributed by atoms with Crippen molar-refractivity contribution in [2.24, 2.45) is 0 Å². The zero-order chi connectivity index (χ0) is 25.5. The summed E-state index contributed by atoms with van der Waals surface area (Å²) in [5.74, 6) is 0. The molecule has 0 saturated heterocycles. The third-order valence-electron chi connectivity index (χ3n) is 5.77.